The molecule has 7 nitrogen and oxygen atoms in total. The van der Waals surface area contributed by atoms with Gasteiger partial charge in [-0.1, -0.05) is 13.8 Å². The van der Waals surface area contributed by atoms with E-state index in [1.807, 2.05) is 13.8 Å². The van der Waals surface area contributed by atoms with Gasteiger partial charge >= 0.3 is 0 Å². The second kappa shape index (κ2) is 7.72. The molecule has 1 fully saturated rings. The first-order chi connectivity index (χ1) is 11.4. The van der Waals surface area contributed by atoms with Gasteiger partial charge in [-0.2, -0.15) is 0 Å². The minimum Gasteiger partial charge on any atom is -0.339 e. The van der Waals surface area contributed by atoms with Crippen molar-refractivity contribution >= 4 is 23.6 Å². The smallest absolute Gasteiger partial charge is 0.269 e. The molecule has 24 heavy (non-hydrogen) atoms. The number of nitrogens with zero attached hydrogens (tertiary/aromatic N) is 3. The van der Waals surface area contributed by atoms with E-state index in [4.69, 9.17) is 0 Å². The summed E-state index contributed by atoms with van der Waals surface area (Å²) in [6, 6.07) is 6.00. The molecule has 2 amide bonds. The zero-order chi connectivity index (χ0) is 17.7. The molecule has 1 saturated heterocycles. The second-order valence-electron chi connectivity index (χ2n) is 5.99. The van der Waals surface area contributed by atoms with Crippen molar-refractivity contribution in [2.24, 2.45) is 5.92 Å². The molecule has 0 spiro atoms. The highest BCUT2D eigenvalue weighted by molar-refractivity contribution is 5.92. The maximum absolute atomic E-state index is 12.2. The van der Waals surface area contributed by atoms with Crippen LogP contribution in [0.2, 0.25) is 0 Å². The van der Waals surface area contributed by atoms with Gasteiger partial charge in [-0.05, 0) is 23.8 Å². The molecule has 0 aliphatic carbocycles. The molecule has 0 atom stereocenters. The van der Waals surface area contributed by atoms with Crippen LogP contribution in [0.1, 0.15) is 19.4 Å². The van der Waals surface area contributed by atoms with Crippen LogP contribution in [-0.4, -0.2) is 52.7 Å². The van der Waals surface area contributed by atoms with E-state index in [1.165, 1.54) is 18.2 Å². The molecule has 1 aromatic carbocycles. The highest BCUT2D eigenvalue weighted by atomic mass is 16.6. The quantitative estimate of drug-likeness (QED) is 0.479. The number of nitro benzene ring substituents is 1. The van der Waals surface area contributed by atoms with E-state index in [0.29, 0.717) is 26.2 Å². The molecule has 1 aromatic rings. The predicted octanol–water partition coefficient (Wildman–Crippen LogP) is 1.93. The second-order valence-corrected chi connectivity index (χ2v) is 5.99. The maximum atomic E-state index is 12.2. The minimum atomic E-state index is -0.462. The summed E-state index contributed by atoms with van der Waals surface area (Å²) >= 11 is 0. The van der Waals surface area contributed by atoms with Gasteiger partial charge in [0.2, 0.25) is 11.8 Å². The van der Waals surface area contributed by atoms with E-state index < -0.39 is 4.92 Å². The summed E-state index contributed by atoms with van der Waals surface area (Å²) in [5.74, 6) is -0.0391. The molecule has 7 heteroatoms. The van der Waals surface area contributed by atoms with Crippen LogP contribution in [0.4, 0.5) is 5.69 Å². The third-order valence-electron chi connectivity index (χ3n) is 3.92. The van der Waals surface area contributed by atoms with Gasteiger partial charge in [0.25, 0.3) is 5.69 Å². The molecule has 128 valence electrons. The Morgan fingerprint density at radius 1 is 1.08 bits per heavy atom. The summed E-state index contributed by atoms with van der Waals surface area (Å²) < 4.78 is 0. The molecule has 0 radical (unpaired) electrons. The van der Waals surface area contributed by atoms with Gasteiger partial charge in [0.05, 0.1) is 4.92 Å². The van der Waals surface area contributed by atoms with E-state index in [9.17, 15) is 19.7 Å². The van der Waals surface area contributed by atoms with Gasteiger partial charge in [0, 0.05) is 50.3 Å². The Kier molecular flexibility index (Phi) is 5.68. The Morgan fingerprint density at radius 2 is 1.62 bits per heavy atom. The van der Waals surface area contributed by atoms with Gasteiger partial charge < -0.3 is 9.80 Å². The molecule has 0 N–H and O–H groups in total. The largest absolute Gasteiger partial charge is 0.339 e. The summed E-state index contributed by atoms with van der Waals surface area (Å²) in [4.78, 5) is 37.7. The third-order valence-corrected chi connectivity index (χ3v) is 3.92. The summed E-state index contributed by atoms with van der Waals surface area (Å²) in [5.41, 5.74) is 0.743. The number of hydrogen-bond donors (Lipinski definition) is 0. The molecule has 0 saturated carbocycles. The first-order valence-corrected chi connectivity index (χ1v) is 7.88. The number of rotatable bonds is 4. The number of piperazine rings is 1. The van der Waals surface area contributed by atoms with E-state index in [1.54, 1.807) is 28.0 Å². The molecule has 2 rings (SSSR count). The Bertz CT molecular complexity index is 644. The molecule has 0 unspecified atom stereocenters. The van der Waals surface area contributed by atoms with E-state index >= 15 is 0 Å². The van der Waals surface area contributed by atoms with Gasteiger partial charge in [-0.3, -0.25) is 19.7 Å². The zero-order valence-corrected chi connectivity index (χ0v) is 13.8. The fourth-order valence-electron chi connectivity index (χ4n) is 2.49. The van der Waals surface area contributed by atoms with Gasteiger partial charge in [-0.15, -0.1) is 0 Å². The van der Waals surface area contributed by atoms with E-state index in [0.717, 1.165) is 5.56 Å². The lowest BCUT2D eigenvalue weighted by Gasteiger charge is -2.35. The standard InChI is InChI=1S/C17H21N3O4/c1-13(2)17(22)19-11-9-18(10-12-19)16(21)8-5-14-3-6-15(7-4-14)20(23)24/h3-8,13H,9-12H2,1-2H3/b8-5+. The first-order valence-electron chi connectivity index (χ1n) is 7.88. The first kappa shape index (κ1) is 17.7. The van der Waals surface area contributed by atoms with Crippen molar-refractivity contribution in [1.29, 1.82) is 0 Å². The zero-order valence-electron chi connectivity index (χ0n) is 13.8. The summed E-state index contributed by atoms with van der Waals surface area (Å²) in [7, 11) is 0. The van der Waals surface area contributed by atoms with Crippen molar-refractivity contribution < 1.29 is 14.5 Å². The van der Waals surface area contributed by atoms with Crippen molar-refractivity contribution in [3.05, 3.63) is 46.0 Å². The fraction of sp³-hybridized carbons (Fsp3) is 0.412. The van der Waals surface area contributed by atoms with Crippen LogP contribution >= 0.6 is 0 Å². The molecule has 0 aromatic heterocycles. The predicted molar refractivity (Wildman–Crippen MR) is 90.1 cm³/mol. The average molecular weight is 331 g/mol. The number of nitro groups is 1. The monoisotopic (exact) mass is 331 g/mol. The van der Waals surface area contributed by atoms with Crippen molar-refractivity contribution in [2.45, 2.75) is 13.8 Å². The number of benzene rings is 1. The number of carbonyl (C=O) groups is 2. The Morgan fingerprint density at radius 3 is 2.12 bits per heavy atom. The van der Waals surface area contributed by atoms with E-state index in [2.05, 4.69) is 0 Å². The number of carbonyl (C=O) groups excluding carboxylic acids is 2. The summed E-state index contributed by atoms with van der Waals surface area (Å²) in [6.07, 6.45) is 3.10. The van der Waals surface area contributed by atoms with Crippen LogP contribution in [0.5, 0.6) is 0 Å². The number of non-ortho nitro benzene ring substituents is 1. The Hall–Kier alpha value is -2.70. The van der Waals surface area contributed by atoms with Gasteiger partial charge in [-0.25, -0.2) is 0 Å². The highest BCUT2D eigenvalue weighted by Crippen LogP contribution is 2.13. The Balaban J connectivity index is 1.89. The summed E-state index contributed by atoms with van der Waals surface area (Å²) in [6.45, 7) is 5.87. The normalized spacial score (nSPS) is 15.1. The van der Waals surface area contributed by atoms with Gasteiger partial charge in [0.1, 0.15) is 0 Å². The third kappa shape index (κ3) is 4.41. The number of hydrogen-bond acceptors (Lipinski definition) is 4. The number of amides is 2. The highest BCUT2D eigenvalue weighted by Gasteiger charge is 2.24. The molecular formula is C17H21N3O4. The van der Waals surface area contributed by atoms with E-state index in [-0.39, 0.29) is 23.4 Å². The van der Waals surface area contributed by atoms with Gasteiger partial charge in [0.15, 0.2) is 0 Å². The topological polar surface area (TPSA) is 83.8 Å². The lowest BCUT2D eigenvalue weighted by molar-refractivity contribution is -0.384. The summed E-state index contributed by atoms with van der Waals surface area (Å²) in [5, 5.41) is 10.6. The molecule has 0 bridgehead atoms. The fourth-order valence-corrected chi connectivity index (χ4v) is 2.49. The van der Waals surface area contributed by atoms with Crippen LogP contribution in [-0.2, 0) is 9.59 Å². The van der Waals surface area contributed by atoms with Crippen LogP contribution in [0, 0.1) is 16.0 Å². The molecule has 1 aliphatic heterocycles. The maximum Gasteiger partial charge on any atom is 0.269 e. The van der Waals surface area contributed by atoms with Crippen molar-refractivity contribution in [2.75, 3.05) is 26.2 Å². The molecule has 1 aliphatic rings. The van der Waals surface area contributed by atoms with Crippen LogP contribution in [0.25, 0.3) is 6.08 Å². The Labute approximate surface area is 140 Å². The van der Waals surface area contributed by atoms with Crippen molar-refractivity contribution in [3.8, 4) is 0 Å². The molecule has 1 heterocycles. The van der Waals surface area contributed by atoms with Crippen LogP contribution in [0.15, 0.2) is 30.3 Å². The van der Waals surface area contributed by atoms with Crippen molar-refractivity contribution in [3.63, 3.8) is 0 Å². The molecular weight excluding hydrogens is 310 g/mol. The van der Waals surface area contributed by atoms with Crippen LogP contribution in [0.3, 0.4) is 0 Å². The minimum absolute atomic E-state index is 0.0180. The lowest BCUT2D eigenvalue weighted by Crippen LogP contribution is -2.51. The van der Waals surface area contributed by atoms with Crippen molar-refractivity contribution in [1.82, 2.24) is 9.80 Å². The lowest BCUT2D eigenvalue weighted by atomic mass is 10.1. The average Bonchev–Trinajstić information content (AvgIpc) is 2.59. The van der Waals surface area contributed by atoms with Crippen LogP contribution < -0.4 is 0 Å². The SMILES string of the molecule is CC(C)C(=O)N1CCN(C(=O)/C=C/c2ccc([N+](=O)[O-])cc2)CC1.